The van der Waals surface area contributed by atoms with E-state index in [1.54, 1.807) is 7.11 Å². The number of rotatable bonds is 8. The number of aryl methyl sites for hydroxylation is 1. The summed E-state index contributed by atoms with van der Waals surface area (Å²) in [7, 11) is 1.59. The number of fused-ring (bicyclic) bond motifs is 3. The van der Waals surface area contributed by atoms with Crippen LogP contribution in [0.25, 0.3) is 0 Å². The number of hydrogen-bond donors (Lipinski definition) is 1. The number of carbonyl (C=O) groups excluding carboxylic acids is 1. The molecular formula is C30H31NO4. The van der Waals surface area contributed by atoms with Gasteiger partial charge >= 0.3 is 5.97 Å². The summed E-state index contributed by atoms with van der Waals surface area (Å²) in [6.45, 7) is 2.09. The molecule has 5 rings (SSSR count). The molecule has 3 aromatic carbocycles. The second kappa shape index (κ2) is 10.3. The first-order valence-electron chi connectivity index (χ1n) is 12.2. The molecule has 0 radical (unpaired) electrons. The van der Waals surface area contributed by atoms with Crippen molar-refractivity contribution in [2.24, 2.45) is 5.92 Å². The fourth-order valence-corrected chi connectivity index (χ4v) is 5.22. The summed E-state index contributed by atoms with van der Waals surface area (Å²) in [5, 5.41) is 3.75. The van der Waals surface area contributed by atoms with Gasteiger partial charge < -0.3 is 19.5 Å². The predicted molar refractivity (Wildman–Crippen MR) is 137 cm³/mol. The monoisotopic (exact) mass is 469 g/mol. The van der Waals surface area contributed by atoms with Crippen LogP contribution in [-0.2, 0) is 11.2 Å². The molecule has 0 aromatic heterocycles. The quantitative estimate of drug-likeness (QED) is 0.178. The van der Waals surface area contributed by atoms with E-state index in [4.69, 9.17) is 14.2 Å². The van der Waals surface area contributed by atoms with Gasteiger partial charge in [-0.1, -0.05) is 48.6 Å². The number of benzene rings is 3. The van der Waals surface area contributed by atoms with E-state index in [9.17, 15) is 4.79 Å². The van der Waals surface area contributed by atoms with Crippen LogP contribution in [0.3, 0.4) is 0 Å². The topological polar surface area (TPSA) is 56.8 Å². The highest BCUT2D eigenvalue weighted by Gasteiger charge is 2.38. The normalized spacial score (nSPS) is 19.9. The Kier molecular flexibility index (Phi) is 6.75. The Balaban J connectivity index is 1.31. The number of hydrogen-bond acceptors (Lipinski definition) is 5. The van der Waals surface area contributed by atoms with Gasteiger partial charge in [0.25, 0.3) is 0 Å². The molecule has 35 heavy (non-hydrogen) atoms. The molecule has 180 valence electrons. The van der Waals surface area contributed by atoms with E-state index in [-0.39, 0.29) is 12.0 Å². The molecule has 1 aliphatic heterocycles. The van der Waals surface area contributed by atoms with Crippen LogP contribution in [0, 0.1) is 5.92 Å². The fourth-order valence-electron chi connectivity index (χ4n) is 5.22. The van der Waals surface area contributed by atoms with Gasteiger partial charge in [-0.05, 0) is 72.2 Å². The van der Waals surface area contributed by atoms with Crippen molar-refractivity contribution in [3.8, 4) is 17.2 Å². The Morgan fingerprint density at radius 3 is 2.69 bits per heavy atom. The van der Waals surface area contributed by atoms with E-state index in [2.05, 4.69) is 59.9 Å². The van der Waals surface area contributed by atoms with Crippen LogP contribution in [-0.4, -0.2) is 19.7 Å². The molecule has 0 spiro atoms. The number of anilines is 1. The number of allylic oxidation sites excluding steroid dienone is 2. The average molecular weight is 470 g/mol. The highest BCUT2D eigenvalue weighted by atomic mass is 16.6. The van der Waals surface area contributed by atoms with Crippen molar-refractivity contribution < 1.29 is 19.0 Å². The number of ether oxygens (including phenoxy) is 3. The van der Waals surface area contributed by atoms with Gasteiger partial charge in [-0.3, -0.25) is 4.79 Å². The lowest BCUT2D eigenvalue weighted by atomic mass is 9.77. The molecule has 3 atom stereocenters. The Hall–Kier alpha value is -3.73. The van der Waals surface area contributed by atoms with Crippen molar-refractivity contribution in [2.75, 3.05) is 19.0 Å². The first kappa shape index (κ1) is 23.0. The second-order valence-electron chi connectivity index (χ2n) is 9.17. The van der Waals surface area contributed by atoms with Gasteiger partial charge in [0, 0.05) is 18.5 Å². The largest absolute Gasteiger partial charge is 0.494 e. The van der Waals surface area contributed by atoms with Crippen molar-refractivity contribution >= 4 is 11.7 Å². The minimum Gasteiger partial charge on any atom is -0.494 e. The summed E-state index contributed by atoms with van der Waals surface area (Å²) in [5.41, 5.74) is 4.86. The van der Waals surface area contributed by atoms with E-state index < -0.39 is 0 Å². The van der Waals surface area contributed by atoms with Gasteiger partial charge in [0.05, 0.1) is 19.8 Å². The van der Waals surface area contributed by atoms with Gasteiger partial charge in [0.1, 0.15) is 5.75 Å². The van der Waals surface area contributed by atoms with Crippen LogP contribution in [0.15, 0.2) is 78.9 Å². The Bertz CT molecular complexity index is 1220. The molecule has 1 heterocycles. The molecule has 5 nitrogen and oxygen atoms in total. The summed E-state index contributed by atoms with van der Waals surface area (Å²) < 4.78 is 16.9. The smallest absolute Gasteiger partial charge is 0.308 e. The van der Waals surface area contributed by atoms with Crippen LogP contribution >= 0.6 is 0 Å². The van der Waals surface area contributed by atoms with E-state index in [0.29, 0.717) is 29.9 Å². The van der Waals surface area contributed by atoms with Gasteiger partial charge in [0.2, 0.25) is 0 Å². The summed E-state index contributed by atoms with van der Waals surface area (Å²) >= 11 is 0. The molecule has 5 heteroatoms. The zero-order valence-corrected chi connectivity index (χ0v) is 20.2. The number of carbonyl (C=O) groups is 1. The molecule has 3 aromatic rings. The third-order valence-electron chi connectivity index (χ3n) is 6.86. The van der Waals surface area contributed by atoms with Gasteiger partial charge in [-0.15, -0.1) is 0 Å². The van der Waals surface area contributed by atoms with E-state index in [0.717, 1.165) is 36.3 Å². The lowest BCUT2D eigenvalue weighted by Gasteiger charge is -2.37. The van der Waals surface area contributed by atoms with Crippen LogP contribution in [0.5, 0.6) is 17.2 Å². The average Bonchev–Trinajstić information content (AvgIpc) is 3.37. The van der Waals surface area contributed by atoms with Crippen molar-refractivity contribution in [1.82, 2.24) is 0 Å². The Morgan fingerprint density at radius 1 is 1.03 bits per heavy atom. The first-order valence-corrected chi connectivity index (χ1v) is 12.2. The van der Waals surface area contributed by atoms with Crippen molar-refractivity contribution in [1.29, 1.82) is 0 Å². The lowest BCUT2D eigenvalue weighted by molar-refractivity contribution is -0.132. The third kappa shape index (κ3) is 5.04. The van der Waals surface area contributed by atoms with Gasteiger partial charge in [0.15, 0.2) is 11.5 Å². The molecule has 0 amide bonds. The highest BCUT2D eigenvalue weighted by molar-refractivity contribution is 5.70. The number of esters is 1. The van der Waals surface area contributed by atoms with Crippen LogP contribution in [0.4, 0.5) is 5.69 Å². The van der Waals surface area contributed by atoms with Crippen LogP contribution in [0.1, 0.15) is 48.4 Å². The maximum Gasteiger partial charge on any atom is 0.308 e. The predicted octanol–water partition coefficient (Wildman–Crippen LogP) is 6.46. The van der Waals surface area contributed by atoms with Crippen LogP contribution < -0.4 is 19.5 Å². The summed E-state index contributed by atoms with van der Waals surface area (Å²) in [5.74, 6) is 2.27. The summed E-state index contributed by atoms with van der Waals surface area (Å²) in [6, 6.07) is 22.8. The molecule has 0 fully saturated rings. The van der Waals surface area contributed by atoms with Gasteiger partial charge in [-0.2, -0.15) is 0 Å². The highest BCUT2D eigenvalue weighted by Crippen LogP contribution is 2.51. The standard InChI is InChI=1S/C30H31NO4/c1-20(32)35-28-16-13-22(18-29(28)33-2)30-25-12-6-11-24(25)26-19-23(14-15-27(26)31-30)34-17-7-10-21-8-4-3-5-9-21/h3-6,8-9,11,13-16,18-19,24-25,30-31H,7,10,12,17H2,1-2H3. The molecule has 0 saturated heterocycles. The maximum atomic E-state index is 11.4. The number of methoxy groups -OCH3 is 1. The SMILES string of the molecule is COc1cc(C2Nc3ccc(OCCCc4ccccc4)cc3C3C=CCC32)ccc1OC(C)=O. The molecule has 1 N–H and O–H groups in total. The molecule has 0 saturated carbocycles. The van der Waals surface area contributed by atoms with E-state index in [1.165, 1.54) is 18.1 Å². The molecular weight excluding hydrogens is 438 g/mol. The van der Waals surface area contributed by atoms with E-state index in [1.807, 2.05) is 24.3 Å². The minimum absolute atomic E-state index is 0.125. The van der Waals surface area contributed by atoms with Gasteiger partial charge in [-0.25, -0.2) is 0 Å². The Morgan fingerprint density at radius 2 is 1.89 bits per heavy atom. The summed E-state index contributed by atoms with van der Waals surface area (Å²) in [4.78, 5) is 11.4. The Labute approximate surface area is 206 Å². The number of nitrogens with one attached hydrogen (secondary N) is 1. The summed E-state index contributed by atoms with van der Waals surface area (Å²) in [6.07, 6.45) is 7.59. The molecule has 2 aliphatic rings. The van der Waals surface area contributed by atoms with E-state index >= 15 is 0 Å². The van der Waals surface area contributed by atoms with Crippen LogP contribution in [0.2, 0.25) is 0 Å². The first-order chi connectivity index (χ1) is 17.1. The lowest BCUT2D eigenvalue weighted by Crippen LogP contribution is -2.29. The maximum absolute atomic E-state index is 11.4. The zero-order chi connectivity index (χ0) is 24.2. The second-order valence-corrected chi connectivity index (χ2v) is 9.17. The van der Waals surface area contributed by atoms with Crippen molar-refractivity contribution in [3.05, 3.63) is 95.6 Å². The molecule has 1 aliphatic carbocycles. The molecule has 0 bridgehead atoms. The minimum atomic E-state index is -0.362. The van der Waals surface area contributed by atoms with Crippen molar-refractivity contribution in [2.45, 2.75) is 38.1 Å². The van der Waals surface area contributed by atoms with Crippen molar-refractivity contribution in [3.63, 3.8) is 0 Å². The third-order valence-corrected chi connectivity index (χ3v) is 6.86. The molecule has 3 unspecified atom stereocenters. The zero-order valence-electron chi connectivity index (χ0n) is 20.2. The fraction of sp³-hybridized carbons (Fsp3) is 0.300.